The quantitative estimate of drug-likeness (QED) is 0.781. The van der Waals surface area contributed by atoms with Crippen LogP contribution in [0.15, 0.2) is 18.2 Å². The normalized spacial score (nSPS) is 26.1. The number of ketones is 1. The second kappa shape index (κ2) is 4.62. The zero-order valence-corrected chi connectivity index (χ0v) is 11.3. The number of carbonyl (C=O) groups is 2. The van der Waals surface area contributed by atoms with Gasteiger partial charge in [0.2, 0.25) is 0 Å². The Bertz CT molecular complexity index is 558. The van der Waals surface area contributed by atoms with Crippen molar-refractivity contribution in [3.8, 4) is 0 Å². The van der Waals surface area contributed by atoms with E-state index in [0.29, 0.717) is 22.8 Å². The van der Waals surface area contributed by atoms with E-state index in [1.165, 1.54) is 4.90 Å². The summed E-state index contributed by atoms with van der Waals surface area (Å²) in [5.74, 6) is -0.946. The molecule has 2 heterocycles. The Morgan fingerprint density at radius 2 is 2.16 bits per heavy atom. The van der Waals surface area contributed by atoms with E-state index in [-0.39, 0.29) is 12.2 Å². The van der Waals surface area contributed by atoms with Gasteiger partial charge in [-0.25, -0.2) is 0 Å². The summed E-state index contributed by atoms with van der Waals surface area (Å²) in [6.45, 7) is 2.43. The molecule has 19 heavy (non-hydrogen) atoms. The fourth-order valence-electron chi connectivity index (χ4n) is 2.67. The van der Waals surface area contributed by atoms with E-state index in [2.05, 4.69) is 0 Å². The first kappa shape index (κ1) is 12.6. The van der Waals surface area contributed by atoms with Crippen LogP contribution < -0.4 is 4.90 Å². The first-order chi connectivity index (χ1) is 9.06. The number of carbonyl (C=O) groups excluding carboxylic acids is 2. The van der Waals surface area contributed by atoms with Crippen LogP contribution in [0, 0.1) is 0 Å². The van der Waals surface area contributed by atoms with Crippen molar-refractivity contribution in [3.05, 3.63) is 28.8 Å². The lowest BCUT2D eigenvalue weighted by atomic mass is 10.1. The summed E-state index contributed by atoms with van der Waals surface area (Å²) < 4.78 is 5.71. The Balaban J connectivity index is 1.88. The van der Waals surface area contributed by atoms with Gasteiger partial charge in [-0.15, -0.1) is 0 Å². The van der Waals surface area contributed by atoms with Crippen molar-refractivity contribution in [2.24, 2.45) is 0 Å². The van der Waals surface area contributed by atoms with E-state index in [9.17, 15) is 9.59 Å². The highest BCUT2D eigenvalue weighted by Gasteiger charge is 2.38. The molecule has 0 aromatic heterocycles. The first-order valence-electron chi connectivity index (χ1n) is 6.37. The van der Waals surface area contributed by atoms with Crippen LogP contribution in [0.5, 0.6) is 0 Å². The van der Waals surface area contributed by atoms with Crippen molar-refractivity contribution < 1.29 is 14.3 Å². The molecule has 0 radical (unpaired) electrons. The van der Waals surface area contributed by atoms with E-state index in [0.717, 1.165) is 12.8 Å². The van der Waals surface area contributed by atoms with Crippen molar-refractivity contribution in [2.75, 3.05) is 11.4 Å². The molecule has 1 fully saturated rings. The van der Waals surface area contributed by atoms with Gasteiger partial charge in [0.15, 0.2) is 0 Å². The lowest BCUT2D eigenvalue weighted by molar-refractivity contribution is -0.114. The molecule has 5 heteroatoms. The summed E-state index contributed by atoms with van der Waals surface area (Å²) in [6, 6.07) is 4.90. The standard InChI is InChI=1S/C14H14ClNO3/c1-8-2-4-10(19-8)7-16-12-6-9(15)3-5-11(12)13(17)14(16)18/h3,5-6,8,10H,2,4,7H2,1H3. The maximum Gasteiger partial charge on any atom is 0.299 e. The third-order valence-corrected chi connectivity index (χ3v) is 3.88. The molecule has 0 aliphatic carbocycles. The van der Waals surface area contributed by atoms with E-state index < -0.39 is 11.7 Å². The molecule has 4 nitrogen and oxygen atoms in total. The molecule has 2 aliphatic rings. The van der Waals surface area contributed by atoms with Crippen LogP contribution in [0.1, 0.15) is 30.1 Å². The highest BCUT2D eigenvalue weighted by Crippen LogP contribution is 2.33. The largest absolute Gasteiger partial charge is 0.373 e. The minimum atomic E-state index is -0.486. The molecule has 2 atom stereocenters. The molecule has 2 unspecified atom stereocenters. The van der Waals surface area contributed by atoms with E-state index in [4.69, 9.17) is 16.3 Å². The van der Waals surface area contributed by atoms with Crippen molar-refractivity contribution in [1.82, 2.24) is 0 Å². The second-order valence-electron chi connectivity index (χ2n) is 5.05. The van der Waals surface area contributed by atoms with Crippen molar-refractivity contribution in [1.29, 1.82) is 0 Å². The van der Waals surface area contributed by atoms with Crippen molar-refractivity contribution in [3.63, 3.8) is 0 Å². The van der Waals surface area contributed by atoms with Gasteiger partial charge >= 0.3 is 0 Å². The van der Waals surface area contributed by atoms with E-state index in [1.807, 2.05) is 6.92 Å². The van der Waals surface area contributed by atoms with Gasteiger partial charge in [0.25, 0.3) is 11.7 Å². The number of halogens is 1. The summed E-state index contributed by atoms with van der Waals surface area (Å²) >= 11 is 5.94. The molecular formula is C14H14ClNO3. The molecule has 2 aliphatic heterocycles. The Kier molecular flexibility index (Phi) is 3.07. The molecule has 100 valence electrons. The number of ether oxygens (including phenoxy) is 1. The van der Waals surface area contributed by atoms with Crippen LogP contribution in [0.25, 0.3) is 0 Å². The van der Waals surface area contributed by atoms with E-state index in [1.54, 1.807) is 18.2 Å². The van der Waals surface area contributed by atoms with Crippen molar-refractivity contribution in [2.45, 2.75) is 32.0 Å². The van der Waals surface area contributed by atoms with Gasteiger partial charge in [0.05, 0.1) is 30.0 Å². The van der Waals surface area contributed by atoms with Gasteiger partial charge in [-0.1, -0.05) is 11.6 Å². The number of rotatable bonds is 2. The Hall–Kier alpha value is -1.39. The number of Topliss-reactive ketones (excluding diaryl/α,β-unsaturated/α-hetero) is 1. The molecule has 3 rings (SSSR count). The topological polar surface area (TPSA) is 46.6 Å². The monoisotopic (exact) mass is 279 g/mol. The fraction of sp³-hybridized carbons (Fsp3) is 0.429. The van der Waals surface area contributed by atoms with Gasteiger partial charge in [0, 0.05) is 5.02 Å². The van der Waals surface area contributed by atoms with Gasteiger partial charge < -0.3 is 9.64 Å². The van der Waals surface area contributed by atoms with Gasteiger partial charge in [-0.3, -0.25) is 9.59 Å². The van der Waals surface area contributed by atoms with Gasteiger partial charge in [0.1, 0.15) is 0 Å². The predicted molar refractivity (Wildman–Crippen MR) is 71.7 cm³/mol. The molecule has 1 saturated heterocycles. The number of amides is 1. The first-order valence-corrected chi connectivity index (χ1v) is 6.75. The molecule has 0 spiro atoms. The van der Waals surface area contributed by atoms with Crippen LogP contribution >= 0.6 is 11.6 Å². The molecule has 1 aromatic rings. The van der Waals surface area contributed by atoms with E-state index >= 15 is 0 Å². The maximum absolute atomic E-state index is 12.0. The third kappa shape index (κ3) is 2.15. The molecule has 1 amide bonds. The number of hydrogen-bond acceptors (Lipinski definition) is 3. The minimum Gasteiger partial charge on any atom is -0.373 e. The van der Waals surface area contributed by atoms with Crippen LogP contribution in [-0.4, -0.2) is 30.4 Å². The summed E-state index contributed by atoms with van der Waals surface area (Å²) in [5, 5.41) is 0.520. The van der Waals surface area contributed by atoms with Gasteiger partial charge in [-0.05, 0) is 38.0 Å². The van der Waals surface area contributed by atoms with Crippen molar-refractivity contribution >= 4 is 29.0 Å². The SMILES string of the molecule is CC1CCC(CN2C(=O)C(=O)c3ccc(Cl)cc32)O1. The smallest absolute Gasteiger partial charge is 0.299 e. The molecule has 1 aromatic carbocycles. The van der Waals surface area contributed by atoms with Crippen LogP contribution in [0.4, 0.5) is 5.69 Å². The van der Waals surface area contributed by atoms with Gasteiger partial charge in [-0.2, -0.15) is 0 Å². The van der Waals surface area contributed by atoms with Crippen LogP contribution in [-0.2, 0) is 9.53 Å². The average Bonchev–Trinajstić information content (AvgIpc) is 2.88. The minimum absolute atomic E-state index is 0.00307. The Morgan fingerprint density at radius 3 is 2.84 bits per heavy atom. The predicted octanol–water partition coefficient (Wildman–Crippen LogP) is 2.44. The molecule has 0 N–H and O–H groups in total. The highest BCUT2D eigenvalue weighted by molar-refractivity contribution is 6.52. The maximum atomic E-state index is 12.0. The molecular weight excluding hydrogens is 266 g/mol. The summed E-state index contributed by atoms with van der Waals surface area (Å²) in [7, 11) is 0. The number of hydrogen-bond donors (Lipinski definition) is 0. The zero-order valence-electron chi connectivity index (χ0n) is 10.6. The summed E-state index contributed by atoms with van der Waals surface area (Å²) in [5.41, 5.74) is 1.03. The third-order valence-electron chi connectivity index (χ3n) is 3.64. The summed E-state index contributed by atoms with van der Waals surface area (Å²) in [4.78, 5) is 25.4. The zero-order chi connectivity index (χ0) is 13.6. The lowest BCUT2D eigenvalue weighted by Crippen LogP contribution is -2.36. The van der Waals surface area contributed by atoms with Crippen LogP contribution in [0.3, 0.4) is 0 Å². The number of anilines is 1. The fourth-order valence-corrected chi connectivity index (χ4v) is 2.84. The lowest BCUT2D eigenvalue weighted by Gasteiger charge is -2.21. The highest BCUT2D eigenvalue weighted by atomic mass is 35.5. The Labute approximate surface area is 116 Å². The van der Waals surface area contributed by atoms with Crippen LogP contribution in [0.2, 0.25) is 5.02 Å². The second-order valence-corrected chi connectivity index (χ2v) is 5.49. The number of nitrogens with zero attached hydrogens (tertiary/aromatic N) is 1. The number of fused-ring (bicyclic) bond motifs is 1. The molecule has 0 bridgehead atoms. The number of benzene rings is 1. The average molecular weight is 280 g/mol. The Morgan fingerprint density at radius 1 is 1.37 bits per heavy atom. The summed E-state index contributed by atoms with van der Waals surface area (Å²) in [6.07, 6.45) is 2.12. The molecule has 0 saturated carbocycles.